The number of hydrogen-bond donors (Lipinski definition) is 2. The summed E-state index contributed by atoms with van der Waals surface area (Å²) in [5.74, 6) is 1.80. The first kappa shape index (κ1) is 18.2. The molecule has 8 heteroatoms. The molecule has 28 heavy (non-hydrogen) atoms. The Morgan fingerprint density at radius 2 is 2.04 bits per heavy atom. The standard InChI is InChI=1S/C20H24N6O2/c1-13-11-14(2)26(24-13)12-15-3-7-17(8-4-15)22-20(27)21-10-9-18-23-19(28-25-18)16-5-6-16/h3-4,7-8,11,16H,5-6,9-10,12H2,1-2H3,(H2,21,22,27). The van der Waals surface area contributed by atoms with Crippen LogP contribution in [0.15, 0.2) is 34.9 Å². The molecule has 1 fully saturated rings. The van der Waals surface area contributed by atoms with Crippen LogP contribution in [0.1, 0.15) is 47.4 Å². The Kier molecular flexibility index (Phi) is 5.10. The highest BCUT2D eigenvalue weighted by Crippen LogP contribution is 2.38. The van der Waals surface area contributed by atoms with Crippen LogP contribution in [0.25, 0.3) is 0 Å². The van der Waals surface area contributed by atoms with Crippen LogP contribution in [0.5, 0.6) is 0 Å². The molecule has 2 N–H and O–H groups in total. The predicted octanol–water partition coefficient (Wildman–Crippen LogP) is 3.17. The molecule has 0 spiro atoms. The van der Waals surface area contributed by atoms with Crippen LogP contribution in [-0.2, 0) is 13.0 Å². The number of carbonyl (C=O) groups is 1. The second-order valence-corrected chi connectivity index (χ2v) is 7.24. The number of amides is 2. The van der Waals surface area contributed by atoms with E-state index in [-0.39, 0.29) is 6.03 Å². The average molecular weight is 380 g/mol. The van der Waals surface area contributed by atoms with Crippen molar-refractivity contribution in [1.82, 2.24) is 25.2 Å². The van der Waals surface area contributed by atoms with Crippen molar-refractivity contribution in [3.63, 3.8) is 0 Å². The lowest BCUT2D eigenvalue weighted by atomic mass is 10.2. The number of nitrogens with one attached hydrogen (secondary N) is 2. The van der Waals surface area contributed by atoms with E-state index >= 15 is 0 Å². The van der Waals surface area contributed by atoms with Gasteiger partial charge in [0, 0.05) is 30.3 Å². The minimum atomic E-state index is -0.253. The minimum Gasteiger partial charge on any atom is -0.339 e. The molecule has 8 nitrogen and oxygen atoms in total. The van der Waals surface area contributed by atoms with E-state index in [0.29, 0.717) is 31.3 Å². The summed E-state index contributed by atoms with van der Waals surface area (Å²) in [4.78, 5) is 16.4. The maximum atomic E-state index is 12.0. The van der Waals surface area contributed by atoms with Crippen molar-refractivity contribution in [3.8, 4) is 0 Å². The number of benzene rings is 1. The first-order valence-corrected chi connectivity index (χ1v) is 9.54. The number of rotatable bonds is 7. The molecule has 146 valence electrons. The van der Waals surface area contributed by atoms with Crippen LogP contribution in [0.4, 0.5) is 10.5 Å². The molecule has 4 rings (SSSR count). The van der Waals surface area contributed by atoms with Gasteiger partial charge < -0.3 is 15.2 Å². The highest BCUT2D eigenvalue weighted by molar-refractivity contribution is 5.89. The third-order valence-electron chi connectivity index (χ3n) is 4.69. The fourth-order valence-corrected chi connectivity index (χ4v) is 3.03. The summed E-state index contributed by atoms with van der Waals surface area (Å²) in [5, 5.41) is 14.1. The maximum Gasteiger partial charge on any atom is 0.319 e. The molecule has 2 amide bonds. The second kappa shape index (κ2) is 7.84. The van der Waals surface area contributed by atoms with Gasteiger partial charge in [0.25, 0.3) is 0 Å². The van der Waals surface area contributed by atoms with Gasteiger partial charge in [-0.2, -0.15) is 10.1 Å². The maximum absolute atomic E-state index is 12.0. The summed E-state index contributed by atoms with van der Waals surface area (Å²) in [5.41, 5.74) is 4.01. The van der Waals surface area contributed by atoms with Crippen LogP contribution in [-0.4, -0.2) is 32.5 Å². The van der Waals surface area contributed by atoms with Crippen molar-refractivity contribution >= 4 is 11.7 Å². The Labute approximate surface area is 163 Å². The topological polar surface area (TPSA) is 97.9 Å². The highest BCUT2D eigenvalue weighted by atomic mass is 16.5. The fourth-order valence-electron chi connectivity index (χ4n) is 3.03. The number of anilines is 1. The van der Waals surface area contributed by atoms with Crippen LogP contribution < -0.4 is 10.6 Å². The zero-order valence-corrected chi connectivity index (χ0v) is 16.1. The van der Waals surface area contributed by atoms with Crippen LogP contribution >= 0.6 is 0 Å². The highest BCUT2D eigenvalue weighted by Gasteiger charge is 2.29. The van der Waals surface area contributed by atoms with Crippen LogP contribution in [0, 0.1) is 13.8 Å². The van der Waals surface area contributed by atoms with E-state index < -0.39 is 0 Å². The Bertz CT molecular complexity index is 955. The lowest BCUT2D eigenvalue weighted by Crippen LogP contribution is -2.30. The second-order valence-electron chi connectivity index (χ2n) is 7.24. The zero-order chi connectivity index (χ0) is 19.5. The van der Waals surface area contributed by atoms with Crippen molar-refractivity contribution in [3.05, 3.63) is 59.0 Å². The molecule has 2 aromatic heterocycles. The predicted molar refractivity (Wildman–Crippen MR) is 104 cm³/mol. The Morgan fingerprint density at radius 3 is 2.71 bits per heavy atom. The molecule has 1 aromatic carbocycles. The van der Waals surface area contributed by atoms with Gasteiger partial charge in [0.15, 0.2) is 5.82 Å². The van der Waals surface area contributed by atoms with E-state index in [1.807, 2.05) is 42.8 Å². The van der Waals surface area contributed by atoms with E-state index in [4.69, 9.17) is 4.52 Å². The van der Waals surface area contributed by atoms with E-state index in [1.54, 1.807) is 0 Å². The van der Waals surface area contributed by atoms with Gasteiger partial charge in [0.05, 0.1) is 12.2 Å². The summed E-state index contributed by atoms with van der Waals surface area (Å²) in [6.45, 7) is 5.19. The third-order valence-corrected chi connectivity index (χ3v) is 4.69. The molecule has 0 aliphatic heterocycles. The monoisotopic (exact) mass is 380 g/mol. The first-order chi connectivity index (χ1) is 13.6. The molecule has 2 heterocycles. The molecule has 3 aromatic rings. The first-order valence-electron chi connectivity index (χ1n) is 9.54. The molecule has 1 aliphatic rings. The number of urea groups is 1. The Morgan fingerprint density at radius 1 is 1.25 bits per heavy atom. The van der Waals surface area contributed by atoms with Gasteiger partial charge in [-0.15, -0.1) is 0 Å². The van der Waals surface area contributed by atoms with Gasteiger partial charge in [-0.25, -0.2) is 4.79 Å². The molecule has 0 radical (unpaired) electrons. The van der Waals surface area contributed by atoms with Gasteiger partial charge in [-0.3, -0.25) is 4.68 Å². The Balaban J connectivity index is 1.23. The molecule has 1 aliphatic carbocycles. The van der Waals surface area contributed by atoms with Gasteiger partial charge in [-0.05, 0) is 50.5 Å². The largest absolute Gasteiger partial charge is 0.339 e. The van der Waals surface area contributed by atoms with Gasteiger partial charge >= 0.3 is 6.03 Å². The molecular formula is C20H24N6O2. The van der Waals surface area contributed by atoms with Crippen molar-refractivity contribution < 1.29 is 9.32 Å². The summed E-state index contributed by atoms with van der Waals surface area (Å²) >= 11 is 0. The minimum absolute atomic E-state index is 0.253. The van der Waals surface area contributed by atoms with Crippen LogP contribution in [0.2, 0.25) is 0 Å². The van der Waals surface area contributed by atoms with Gasteiger partial charge in [-0.1, -0.05) is 17.3 Å². The normalized spacial score (nSPS) is 13.5. The fraction of sp³-hybridized carbons (Fsp3) is 0.400. The number of hydrogen-bond acceptors (Lipinski definition) is 5. The molecular weight excluding hydrogens is 356 g/mol. The number of aryl methyl sites for hydroxylation is 2. The van der Waals surface area contributed by atoms with Gasteiger partial charge in [0.1, 0.15) is 0 Å². The van der Waals surface area contributed by atoms with E-state index in [2.05, 4.69) is 31.9 Å². The lowest BCUT2D eigenvalue weighted by molar-refractivity contribution is 0.252. The van der Waals surface area contributed by atoms with Crippen molar-refractivity contribution in [2.75, 3.05) is 11.9 Å². The smallest absolute Gasteiger partial charge is 0.319 e. The zero-order valence-electron chi connectivity index (χ0n) is 16.1. The third kappa shape index (κ3) is 4.57. The lowest BCUT2D eigenvalue weighted by Gasteiger charge is -2.08. The summed E-state index contributed by atoms with van der Waals surface area (Å²) in [6.07, 6.45) is 2.80. The quantitative estimate of drug-likeness (QED) is 0.656. The Hall–Kier alpha value is -3.16. The summed E-state index contributed by atoms with van der Waals surface area (Å²) < 4.78 is 7.18. The van der Waals surface area contributed by atoms with E-state index in [1.165, 1.54) is 0 Å². The molecule has 0 bridgehead atoms. The SMILES string of the molecule is Cc1cc(C)n(Cc2ccc(NC(=O)NCCc3noc(C4CC4)n3)cc2)n1. The number of nitrogens with zero attached hydrogens (tertiary/aromatic N) is 4. The number of aromatic nitrogens is 4. The average Bonchev–Trinajstić information content (AvgIpc) is 3.33. The van der Waals surface area contributed by atoms with Gasteiger partial charge in [0.2, 0.25) is 5.89 Å². The molecule has 0 unspecified atom stereocenters. The van der Waals surface area contributed by atoms with Crippen LogP contribution in [0.3, 0.4) is 0 Å². The molecule has 0 saturated heterocycles. The summed E-state index contributed by atoms with van der Waals surface area (Å²) in [6, 6.07) is 9.57. The van der Waals surface area contributed by atoms with E-state index in [9.17, 15) is 4.79 Å². The number of carbonyl (C=O) groups excluding carboxylic acids is 1. The molecule has 0 atom stereocenters. The van der Waals surface area contributed by atoms with Crippen molar-refractivity contribution in [1.29, 1.82) is 0 Å². The molecule has 1 saturated carbocycles. The van der Waals surface area contributed by atoms with Crippen molar-refractivity contribution in [2.45, 2.75) is 45.6 Å². The van der Waals surface area contributed by atoms with E-state index in [0.717, 1.165) is 41.4 Å². The van der Waals surface area contributed by atoms with Crippen molar-refractivity contribution in [2.24, 2.45) is 0 Å². The summed E-state index contributed by atoms with van der Waals surface area (Å²) in [7, 11) is 0.